The monoisotopic (exact) mass is 458 g/mol. The van der Waals surface area contributed by atoms with Crippen LogP contribution in [-0.4, -0.2) is 58.1 Å². The number of aromatic nitrogens is 2. The number of piperidine rings is 1. The van der Waals surface area contributed by atoms with Crippen molar-refractivity contribution < 1.29 is 19.1 Å². The fraction of sp³-hybridized carbons (Fsp3) is 0.583. The number of amides is 2. The van der Waals surface area contributed by atoms with E-state index in [0.29, 0.717) is 18.6 Å². The largest absolute Gasteiger partial charge is 0.444 e. The number of imidazole rings is 1. The highest BCUT2D eigenvalue weighted by Crippen LogP contribution is 2.34. The first-order valence-corrected chi connectivity index (χ1v) is 11.4. The number of ether oxygens (including phenoxy) is 1. The minimum Gasteiger partial charge on any atom is -0.444 e. The van der Waals surface area contributed by atoms with Gasteiger partial charge in [0.25, 0.3) is 0 Å². The second kappa shape index (κ2) is 9.80. The summed E-state index contributed by atoms with van der Waals surface area (Å²) in [7, 11) is 3.25. The number of hydrogen-bond acceptors (Lipinski definition) is 5. The molecule has 1 atom stereocenters. The van der Waals surface area contributed by atoms with Gasteiger partial charge in [0, 0.05) is 33.6 Å². The summed E-state index contributed by atoms with van der Waals surface area (Å²) in [6, 6.07) is 5.03. The van der Waals surface area contributed by atoms with Gasteiger partial charge >= 0.3 is 11.8 Å². The van der Waals surface area contributed by atoms with Gasteiger partial charge in [0.05, 0.1) is 17.1 Å². The summed E-state index contributed by atoms with van der Waals surface area (Å²) in [5.74, 6) is 0.00181. The molecule has 3 rings (SSSR count). The zero-order chi connectivity index (χ0) is 24.3. The van der Waals surface area contributed by atoms with Crippen molar-refractivity contribution in [3.63, 3.8) is 0 Å². The second-order valence-corrected chi connectivity index (χ2v) is 9.58. The molecule has 33 heavy (non-hydrogen) atoms. The average molecular weight is 459 g/mol. The van der Waals surface area contributed by atoms with Gasteiger partial charge in [-0.15, -0.1) is 0 Å². The average Bonchev–Trinajstić information content (AvgIpc) is 3.03. The van der Waals surface area contributed by atoms with E-state index in [1.807, 2.05) is 39.0 Å². The van der Waals surface area contributed by atoms with Gasteiger partial charge in [0.15, 0.2) is 0 Å². The van der Waals surface area contributed by atoms with E-state index in [-0.39, 0.29) is 36.4 Å². The van der Waals surface area contributed by atoms with Crippen molar-refractivity contribution in [2.24, 2.45) is 7.05 Å². The molecule has 0 saturated carbocycles. The minimum atomic E-state index is -0.720. The quantitative estimate of drug-likeness (QED) is 0.671. The molecule has 1 aromatic heterocycles. The molecular weight excluding hydrogens is 424 g/mol. The predicted octanol–water partition coefficient (Wildman–Crippen LogP) is 2.72. The van der Waals surface area contributed by atoms with E-state index in [2.05, 4.69) is 5.32 Å². The van der Waals surface area contributed by atoms with Crippen LogP contribution in [-0.2, 0) is 21.4 Å². The van der Waals surface area contributed by atoms with E-state index in [1.54, 1.807) is 23.6 Å². The zero-order valence-electron chi connectivity index (χ0n) is 20.1. The van der Waals surface area contributed by atoms with Crippen molar-refractivity contribution in [3.8, 4) is 0 Å². The molecule has 1 unspecified atom stereocenters. The Hall–Kier alpha value is -3.10. The number of nitrogens with zero attached hydrogens (tertiary/aromatic N) is 3. The Labute approximate surface area is 193 Å². The molecule has 1 aromatic carbocycles. The summed E-state index contributed by atoms with van der Waals surface area (Å²) in [5, 5.41) is 2.54. The normalized spacial score (nSPS) is 16.0. The fourth-order valence-electron chi connectivity index (χ4n) is 4.48. The first-order valence-electron chi connectivity index (χ1n) is 11.4. The summed E-state index contributed by atoms with van der Waals surface area (Å²) >= 11 is 0. The zero-order valence-corrected chi connectivity index (χ0v) is 20.1. The molecule has 9 heteroatoms. The number of benzene rings is 1. The number of hydrogen-bond donors (Lipinski definition) is 1. The molecule has 1 aliphatic rings. The number of carbonyl (C=O) groups excluding carboxylic acids is 3. The number of likely N-dealkylation sites (tertiary alicyclic amines) is 1. The van der Waals surface area contributed by atoms with Crippen LogP contribution < -0.4 is 11.0 Å². The number of aldehydes is 1. The van der Waals surface area contributed by atoms with Crippen LogP contribution in [0.3, 0.4) is 0 Å². The summed E-state index contributed by atoms with van der Waals surface area (Å²) in [5.41, 5.74) is 1.70. The van der Waals surface area contributed by atoms with Gasteiger partial charge in [0.2, 0.25) is 5.91 Å². The second-order valence-electron chi connectivity index (χ2n) is 9.58. The van der Waals surface area contributed by atoms with Crippen molar-refractivity contribution in [2.75, 3.05) is 20.1 Å². The summed E-state index contributed by atoms with van der Waals surface area (Å²) in [6.45, 7) is 6.71. The molecule has 1 fully saturated rings. The third kappa shape index (κ3) is 5.29. The van der Waals surface area contributed by atoms with E-state index >= 15 is 0 Å². The van der Waals surface area contributed by atoms with Gasteiger partial charge in [-0.3, -0.25) is 13.9 Å². The van der Waals surface area contributed by atoms with E-state index in [1.165, 1.54) is 4.57 Å². The minimum absolute atomic E-state index is 0.158. The molecule has 180 valence electrons. The predicted molar refractivity (Wildman–Crippen MR) is 125 cm³/mol. The van der Waals surface area contributed by atoms with E-state index in [9.17, 15) is 19.2 Å². The van der Waals surface area contributed by atoms with E-state index < -0.39 is 11.6 Å². The topological polar surface area (TPSA) is 103 Å². The Balaban J connectivity index is 1.87. The van der Waals surface area contributed by atoms with Crippen LogP contribution >= 0.6 is 0 Å². The molecule has 1 N–H and O–H groups in total. The third-order valence-electron chi connectivity index (χ3n) is 6.16. The molecule has 0 radical (unpaired) electrons. The lowest BCUT2D eigenvalue weighted by molar-refractivity contribution is -0.121. The van der Waals surface area contributed by atoms with Crippen molar-refractivity contribution in [3.05, 3.63) is 34.2 Å². The summed E-state index contributed by atoms with van der Waals surface area (Å²) in [6.07, 6.45) is 2.35. The number of para-hydroxylation sites is 1. The SMILES string of the molecule is CNC(=O)CCC(C=O)n1c(=O)n(C)c2c(C3CCN(C(=O)OC(C)(C)C)CC3)cccc21. The number of fused-ring (bicyclic) bond motifs is 1. The standard InChI is InChI=1S/C24H34N4O5/c1-24(2,3)33-23(32)27-13-11-16(12-14-27)18-7-6-8-19-21(18)26(5)22(31)28(19)17(15-29)9-10-20(30)25-4/h6-8,15-17H,9-14H2,1-5H3,(H,25,30). The van der Waals surface area contributed by atoms with Gasteiger partial charge in [-0.05, 0) is 57.6 Å². The van der Waals surface area contributed by atoms with Crippen LogP contribution in [0, 0.1) is 0 Å². The Bertz CT molecular complexity index is 1090. The lowest BCUT2D eigenvalue weighted by atomic mass is 9.88. The van der Waals surface area contributed by atoms with Crippen LogP contribution in [0.2, 0.25) is 0 Å². The number of nitrogens with one attached hydrogen (secondary N) is 1. The van der Waals surface area contributed by atoms with Gasteiger partial charge in [-0.1, -0.05) is 12.1 Å². The lowest BCUT2D eigenvalue weighted by Crippen LogP contribution is -2.41. The number of rotatable bonds is 6. The molecule has 2 amide bonds. The smallest absolute Gasteiger partial charge is 0.410 e. The van der Waals surface area contributed by atoms with Crippen LogP contribution in [0.5, 0.6) is 0 Å². The highest BCUT2D eigenvalue weighted by molar-refractivity contribution is 5.82. The summed E-state index contributed by atoms with van der Waals surface area (Å²) < 4.78 is 8.57. The van der Waals surface area contributed by atoms with Gasteiger partial charge in [-0.25, -0.2) is 9.59 Å². The molecule has 0 bridgehead atoms. The number of aryl methyl sites for hydroxylation is 1. The summed E-state index contributed by atoms with van der Waals surface area (Å²) in [4.78, 5) is 50.8. The lowest BCUT2D eigenvalue weighted by Gasteiger charge is -2.33. The van der Waals surface area contributed by atoms with Gasteiger partial charge in [0.1, 0.15) is 11.9 Å². The molecule has 2 heterocycles. The van der Waals surface area contributed by atoms with Crippen molar-refractivity contribution in [1.82, 2.24) is 19.4 Å². The van der Waals surface area contributed by atoms with Gasteiger partial charge in [-0.2, -0.15) is 0 Å². The molecule has 1 saturated heterocycles. The third-order valence-corrected chi connectivity index (χ3v) is 6.16. The maximum atomic E-state index is 13.1. The van der Waals surface area contributed by atoms with Crippen LogP contribution in [0.25, 0.3) is 11.0 Å². The highest BCUT2D eigenvalue weighted by Gasteiger charge is 2.30. The Kier molecular flexibility index (Phi) is 7.29. The Morgan fingerprint density at radius 2 is 1.91 bits per heavy atom. The maximum absolute atomic E-state index is 13.1. The maximum Gasteiger partial charge on any atom is 0.410 e. The fourth-order valence-corrected chi connectivity index (χ4v) is 4.48. The van der Waals surface area contributed by atoms with Crippen molar-refractivity contribution >= 4 is 29.3 Å². The Morgan fingerprint density at radius 1 is 1.24 bits per heavy atom. The first kappa shape index (κ1) is 24.5. The molecule has 0 spiro atoms. The van der Waals surface area contributed by atoms with Crippen LogP contribution in [0.1, 0.15) is 64.0 Å². The van der Waals surface area contributed by atoms with Gasteiger partial charge < -0.3 is 19.7 Å². The molecule has 1 aliphatic heterocycles. The number of carbonyl (C=O) groups is 3. The molecule has 2 aromatic rings. The Morgan fingerprint density at radius 3 is 2.48 bits per heavy atom. The van der Waals surface area contributed by atoms with Crippen molar-refractivity contribution in [1.29, 1.82) is 0 Å². The molecular formula is C24H34N4O5. The van der Waals surface area contributed by atoms with Crippen molar-refractivity contribution in [2.45, 2.75) is 64.0 Å². The van der Waals surface area contributed by atoms with E-state index in [4.69, 9.17) is 4.74 Å². The highest BCUT2D eigenvalue weighted by atomic mass is 16.6. The van der Waals surface area contributed by atoms with Crippen LogP contribution in [0.4, 0.5) is 4.79 Å². The first-order chi connectivity index (χ1) is 15.6. The molecule has 9 nitrogen and oxygen atoms in total. The van der Waals surface area contributed by atoms with E-state index in [0.717, 1.165) is 30.2 Å². The molecule has 0 aliphatic carbocycles. The van der Waals surface area contributed by atoms with Crippen LogP contribution in [0.15, 0.2) is 23.0 Å².